The summed E-state index contributed by atoms with van der Waals surface area (Å²) in [5.74, 6) is 1.68. The Morgan fingerprint density at radius 2 is 1.78 bits per heavy atom. The molecule has 0 spiro atoms. The number of hydrogen-bond donors (Lipinski definition) is 0. The SMILES string of the molecule is CCCS(=O)(=O)N1CCN(c2ccc(-n3ccnc3)nn2)CC1. The first-order chi connectivity index (χ1) is 11.1. The molecule has 124 valence electrons. The summed E-state index contributed by atoms with van der Waals surface area (Å²) in [5.41, 5.74) is 0. The van der Waals surface area contributed by atoms with Crippen LogP contribution in [0.1, 0.15) is 13.3 Å². The molecule has 2 aromatic rings. The van der Waals surface area contributed by atoms with Crippen molar-refractivity contribution in [2.45, 2.75) is 13.3 Å². The number of nitrogens with zero attached hydrogens (tertiary/aromatic N) is 6. The average molecular weight is 336 g/mol. The van der Waals surface area contributed by atoms with E-state index in [0.717, 1.165) is 5.82 Å². The molecule has 0 bridgehead atoms. The Morgan fingerprint density at radius 1 is 1.09 bits per heavy atom. The summed E-state index contributed by atoms with van der Waals surface area (Å²) >= 11 is 0. The van der Waals surface area contributed by atoms with Gasteiger partial charge in [0.15, 0.2) is 11.6 Å². The fourth-order valence-electron chi connectivity index (χ4n) is 2.60. The Balaban J connectivity index is 1.64. The standard InChI is InChI=1S/C14H20N6O2S/c1-2-11-23(21,22)20-9-7-18(8-10-20)13-3-4-14(17-16-13)19-6-5-15-12-19/h3-6,12H,2,7-11H2,1H3. The lowest BCUT2D eigenvalue weighted by atomic mass is 10.3. The van der Waals surface area contributed by atoms with E-state index in [1.807, 2.05) is 19.1 Å². The van der Waals surface area contributed by atoms with E-state index in [2.05, 4.69) is 20.1 Å². The predicted molar refractivity (Wildman–Crippen MR) is 87.0 cm³/mol. The molecule has 1 fully saturated rings. The summed E-state index contributed by atoms with van der Waals surface area (Å²) in [6.45, 7) is 4.12. The van der Waals surface area contributed by atoms with E-state index in [0.29, 0.717) is 38.4 Å². The maximum Gasteiger partial charge on any atom is 0.214 e. The van der Waals surface area contributed by atoms with Crippen LogP contribution in [-0.4, -0.2) is 64.4 Å². The maximum atomic E-state index is 12.1. The monoisotopic (exact) mass is 336 g/mol. The Hall–Kier alpha value is -2.00. The Morgan fingerprint density at radius 3 is 2.35 bits per heavy atom. The van der Waals surface area contributed by atoms with Crippen molar-refractivity contribution in [2.75, 3.05) is 36.8 Å². The summed E-state index contributed by atoms with van der Waals surface area (Å²) in [6.07, 6.45) is 5.80. The first kappa shape index (κ1) is 15.9. The van der Waals surface area contributed by atoms with Gasteiger partial charge in [0.05, 0.1) is 5.75 Å². The number of anilines is 1. The minimum absolute atomic E-state index is 0.215. The zero-order chi connectivity index (χ0) is 16.3. The Labute approximate surface area is 135 Å². The number of sulfonamides is 1. The van der Waals surface area contributed by atoms with E-state index >= 15 is 0 Å². The quantitative estimate of drug-likeness (QED) is 0.792. The van der Waals surface area contributed by atoms with E-state index in [-0.39, 0.29) is 5.75 Å². The van der Waals surface area contributed by atoms with Gasteiger partial charge in [-0.25, -0.2) is 13.4 Å². The highest BCUT2D eigenvalue weighted by Gasteiger charge is 2.26. The summed E-state index contributed by atoms with van der Waals surface area (Å²) in [6, 6.07) is 3.78. The maximum absolute atomic E-state index is 12.1. The van der Waals surface area contributed by atoms with Crippen LogP contribution in [0.5, 0.6) is 0 Å². The normalized spacial score (nSPS) is 16.7. The highest BCUT2D eigenvalue weighted by atomic mass is 32.2. The van der Waals surface area contributed by atoms with Crippen LogP contribution in [0.25, 0.3) is 5.82 Å². The van der Waals surface area contributed by atoms with Crippen LogP contribution in [0.4, 0.5) is 5.82 Å². The van der Waals surface area contributed by atoms with Crippen molar-refractivity contribution in [3.8, 4) is 5.82 Å². The van der Waals surface area contributed by atoms with Crippen LogP contribution in [0.2, 0.25) is 0 Å². The molecular formula is C14H20N6O2S. The Kier molecular flexibility index (Phi) is 4.58. The van der Waals surface area contributed by atoms with E-state index < -0.39 is 10.0 Å². The summed E-state index contributed by atoms with van der Waals surface area (Å²) in [4.78, 5) is 6.04. The van der Waals surface area contributed by atoms with Crippen molar-refractivity contribution < 1.29 is 8.42 Å². The second-order valence-electron chi connectivity index (χ2n) is 5.42. The van der Waals surface area contributed by atoms with Gasteiger partial charge in [-0.3, -0.25) is 4.57 Å². The van der Waals surface area contributed by atoms with Crippen molar-refractivity contribution in [3.63, 3.8) is 0 Å². The molecule has 0 N–H and O–H groups in total. The van der Waals surface area contributed by atoms with E-state index in [4.69, 9.17) is 0 Å². The molecule has 0 radical (unpaired) electrons. The minimum Gasteiger partial charge on any atom is -0.352 e. The summed E-state index contributed by atoms with van der Waals surface area (Å²) in [7, 11) is -3.11. The van der Waals surface area contributed by atoms with Gasteiger partial charge in [0.2, 0.25) is 10.0 Å². The first-order valence-electron chi connectivity index (χ1n) is 7.65. The van der Waals surface area contributed by atoms with E-state index in [1.165, 1.54) is 0 Å². The van der Waals surface area contributed by atoms with Crippen LogP contribution in [0.3, 0.4) is 0 Å². The zero-order valence-electron chi connectivity index (χ0n) is 13.0. The molecule has 1 aliphatic heterocycles. The van der Waals surface area contributed by atoms with Crippen molar-refractivity contribution >= 4 is 15.8 Å². The molecule has 3 rings (SSSR count). The van der Waals surface area contributed by atoms with Gasteiger partial charge in [0.1, 0.15) is 6.33 Å². The minimum atomic E-state index is -3.11. The van der Waals surface area contributed by atoms with Gasteiger partial charge in [-0.15, -0.1) is 10.2 Å². The number of hydrogen-bond acceptors (Lipinski definition) is 6. The van der Waals surface area contributed by atoms with Crippen molar-refractivity contribution in [1.29, 1.82) is 0 Å². The van der Waals surface area contributed by atoms with Crippen molar-refractivity contribution in [3.05, 3.63) is 30.9 Å². The smallest absolute Gasteiger partial charge is 0.214 e. The van der Waals surface area contributed by atoms with Crippen LogP contribution >= 0.6 is 0 Å². The lowest BCUT2D eigenvalue weighted by Gasteiger charge is -2.34. The van der Waals surface area contributed by atoms with Crippen LogP contribution in [0.15, 0.2) is 30.9 Å². The molecule has 0 amide bonds. The predicted octanol–water partition coefficient (Wildman–Crippen LogP) is 0.524. The van der Waals surface area contributed by atoms with Crippen LogP contribution < -0.4 is 4.90 Å². The fourth-order valence-corrected chi connectivity index (χ4v) is 4.10. The third-order valence-corrected chi connectivity index (χ3v) is 5.90. The van der Waals surface area contributed by atoms with Gasteiger partial charge < -0.3 is 4.90 Å². The molecule has 0 unspecified atom stereocenters. The Bertz CT molecular complexity index is 721. The number of imidazole rings is 1. The van der Waals surface area contributed by atoms with E-state index in [1.54, 1.807) is 27.6 Å². The lowest BCUT2D eigenvalue weighted by Crippen LogP contribution is -2.49. The third kappa shape index (κ3) is 3.50. The van der Waals surface area contributed by atoms with Crippen LogP contribution in [-0.2, 0) is 10.0 Å². The van der Waals surface area contributed by atoms with Gasteiger partial charge in [0.25, 0.3) is 0 Å². The van der Waals surface area contributed by atoms with Crippen molar-refractivity contribution in [2.24, 2.45) is 0 Å². The molecule has 2 aromatic heterocycles. The second kappa shape index (κ2) is 6.63. The highest BCUT2D eigenvalue weighted by molar-refractivity contribution is 7.89. The van der Waals surface area contributed by atoms with Gasteiger partial charge in [0, 0.05) is 38.6 Å². The van der Waals surface area contributed by atoms with Gasteiger partial charge in [-0.05, 0) is 18.6 Å². The van der Waals surface area contributed by atoms with E-state index in [9.17, 15) is 8.42 Å². The average Bonchev–Trinajstić information content (AvgIpc) is 3.10. The molecule has 1 aliphatic rings. The number of aromatic nitrogens is 4. The van der Waals surface area contributed by atoms with Gasteiger partial charge in [-0.2, -0.15) is 4.31 Å². The fraction of sp³-hybridized carbons (Fsp3) is 0.500. The molecular weight excluding hydrogens is 316 g/mol. The molecule has 0 aromatic carbocycles. The molecule has 0 aliphatic carbocycles. The second-order valence-corrected chi connectivity index (χ2v) is 7.51. The van der Waals surface area contributed by atoms with Gasteiger partial charge >= 0.3 is 0 Å². The van der Waals surface area contributed by atoms with Gasteiger partial charge in [-0.1, -0.05) is 6.92 Å². The summed E-state index contributed by atoms with van der Waals surface area (Å²) in [5, 5.41) is 8.43. The highest BCUT2D eigenvalue weighted by Crippen LogP contribution is 2.16. The van der Waals surface area contributed by atoms with Crippen molar-refractivity contribution in [1.82, 2.24) is 24.1 Å². The number of piperazine rings is 1. The molecule has 3 heterocycles. The molecule has 23 heavy (non-hydrogen) atoms. The largest absolute Gasteiger partial charge is 0.352 e. The molecule has 0 saturated carbocycles. The molecule has 1 saturated heterocycles. The zero-order valence-corrected chi connectivity index (χ0v) is 13.9. The lowest BCUT2D eigenvalue weighted by molar-refractivity contribution is 0.383. The van der Waals surface area contributed by atoms with Crippen LogP contribution in [0, 0.1) is 0 Å². The number of rotatable bonds is 5. The third-order valence-electron chi connectivity index (χ3n) is 3.82. The molecule has 0 atom stereocenters. The molecule has 8 nitrogen and oxygen atoms in total. The molecule has 9 heteroatoms. The first-order valence-corrected chi connectivity index (χ1v) is 9.26. The summed E-state index contributed by atoms with van der Waals surface area (Å²) < 4.78 is 27.5. The topological polar surface area (TPSA) is 84.2 Å².